The number of carbonyl (C=O) groups excluding carboxylic acids is 2. The molecule has 1 unspecified atom stereocenters. The number of carbonyl (C=O) groups is 2. The van der Waals surface area contributed by atoms with Crippen molar-refractivity contribution in [3.05, 3.63) is 93.5 Å². The van der Waals surface area contributed by atoms with Gasteiger partial charge in [0.05, 0.1) is 23.7 Å². The minimum absolute atomic E-state index is 0.0108. The molecule has 1 atom stereocenters. The number of hydrogen-bond donors (Lipinski definition) is 2. The number of rotatable bonds is 4. The first-order chi connectivity index (χ1) is 16.9. The molecular weight excluding hydrogens is 466 g/mol. The molecule has 0 spiro atoms. The Kier molecular flexibility index (Phi) is 5.99. The van der Waals surface area contributed by atoms with E-state index in [1.807, 2.05) is 12.1 Å². The quantitative estimate of drug-likeness (QED) is 0.284. The lowest BCUT2D eigenvalue weighted by molar-refractivity contribution is -0.132. The smallest absolute Gasteiger partial charge is 0.300 e. The van der Waals surface area contributed by atoms with Gasteiger partial charge >= 0.3 is 0 Å². The first kappa shape index (κ1) is 23.0. The predicted molar refractivity (Wildman–Crippen MR) is 134 cm³/mol. The first-order valence-electron chi connectivity index (χ1n) is 11.4. The number of benzene rings is 3. The second-order valence-corrected chi connectivity index (χ2v) is 9.18. The Morgan fingerprint density at radius 3 is 2.37 bits per heavy atom. The molecule has 2 aliphatic rings. The summed E-state index contributed by atoms with van der Waals surface area (Å²) in [4.78, 5) is 28.0. The second-order valence-electron chi connectivity index (χ2n) is 8.77. The van der Waals surface area contributed by atoms with E-state index in [2.05, 4.69) is 0 Å². The minimum Gasteiger partial charge on any atom is -0.508 e. The molecule has 3 aromatic carbocycles. The number of anilines is 1. The van der Waals surface area contributed by atoms with Crippen molar-refractivity contribution in [1.82, 2.24) is 0 Å². The number of ketones is 1. The van der Waals surface area contributed by atoms with Crippen LogP contribution < -0.4 is 9.64 Å². The van der Waals surface area contributed by atoms with Crippen molar-refractivity contribution >= 4 is 34.7 Å². The third-order valence-corrected chi connectivity index (χ3v) is 6.98. The molecule has 35 heavy (non-hydrogen) atoms. The standard InChI is InChI=1S/C28H24ClNO5/c1-35-23-13-10-20(15-22(23)29)30-25(17-8-11-21(31)12-9-17)24(27(33)28(30)34)26(32)19-7-6-16-4-2-3-5-18(16)14-19/h6-15,25,31-32H,2-5H2,1H3/b26-24-. The van der Waals surface area contributed by atoms with E-state index in [1.165, 1.54) is 29.7 Å². The SMILES string of the molecule is COc1ccc(N2C(=O)C(=O)/C(=C(\O)c3ccc4c(c3)CCCC4)C2c2ccc(O)cc2)cc1Cl. The zero-order valence-electron chi connectivity index (χ0n) is 19.1. The van der Waals surface area contributed by atoms with E-state index < -0.39 is 17.7 Å². The van der Waals surface area contributed by atoms with Crippen LogP contribution in [0, 0.1) is 0 Å². The number of Topliss-reactive ketones (excluding diaryl/α,β-unsaturated/α-hetero) is 1. The first-order valence-corrected chi connectivity index (χ1v) is 11.8. The molecule has 6 nitrogen and oxygen atoms in total. The van der Waals surface area contributed by atoms with Gasteiger partial charge in [-0.1, -0.05) is 35.9 Å². The number of aliphatic hydroxyl groups excluding tert-OH is 1. The fraction of sp³-hybridized carbons (Fsp3) is 0.214. The van der Waals surface area contributed by atoms with Gasteiger partial charge in [-0.2, -0.15) is 0 Å². The van der Waals surface area contributed by atoms with Gasteiger partial charge in [0.25, 0.3) is 11.7 Å². The van der Waals surface area contributed by atoms with Gasteiger partial charge in [-0.05, 0) is 78.8 Å². The highest BCUT2D eigenvalue weighted by Crippen LogP contribution is 2.44. The summed E-state index contributed by atoms with van der Waals surface area (Å²) in [6.45, 7) is 0. The Hall–Kier alpha value is -3.77. The maximum Gasteiger partial charge on any atom is 0.300 e. The number of ether oxygens (including phenoxy) is 1. The zero-order valence-corrected chi connectivity index (χ0v) is 19.9. The Balaban J connectivity index is 1.68. The van der Waals surface area contributed by atoms with Crippen molar-refractivity contribution in [1.29, 1.82) is 0 Å². The van der Waals surface area contributed by atoms with Crippen molar-refractivity contribution in [3.8, 4) is 11.5 Å². The molecule has 1 saturated heterocycles. The van der Waals surface area contributed by atoms with Gasteiger partial charge in [-0.25, -0.2) is 0 Å². The molecule has 1 aliphatic heterocycles. The van der Waals surface area contributed by atoms with Crippen LogP contribution in [-0.4, -0.2) is 29.0 Å². The number of phenols is 1. The largest absolute Gasteiger partial charge is 0.508 e. The van der Waals surface area contributed by atoms with E-state index in [0.29, 0.717) is 22.6 Å². The van der Waals surface area contributed by atoms with Crippen LogP contribution in [0.4, 0.5) is 5.69 Å². The number of aliphatic hydroxyl groups is 1. The normalized spacial score (nSPS) is 19.0. The summed E-state index contributed by atoms with van der Waals surface area (Å²) in [6.07, 6.45) is 4.12. The van der Waals surface area contributed by atoms with Gasteiger partial charge in [0, 0.05) is 11.3 Å². The Bertz CT molecular complexity index is 1360. The molecule has 1 heterocycles. The van der Waals surface area contributed by atoms with E-state index in [9.17, 15) is 19.8 Å². The zero-order chi connectivity index (χ0) is 24.7. The van der Waals surface area contributed by atoms with Gasteiger partial charge in [-0.15, -0.1) is 0 Å². The maximum atomic E-state index is 13.3. The predicted octanol–water partition coefficient (Wildman–Crippen LogP) is 5.56. The molecule has 7 heteroatoms. The third kappa shape index (κ3) is 4.04. The molecule has 0 aromatic heterocycles. The lowest BCUT2D eigenvalue weighted by Crippen LogP contribution is -2.29. The highest BCUT2D eigenvalue weighted by atomic mass is 35.5. The molecule has 0 radical (unpaired) electrons. The molecule has 1 amide bonds. The molecule has 0 bridgehead atoms. The number of halogens is 1. The molecule has 178 valence electrons. The van der Waals surface area contributed by atoms with E-state index in [1.54, 1.807) is 36.4 Å². The fourth-order valence-electron chi connectivity index (χ4n) is 4.91. The number of aryl methyl sites for hydroxylation is 2. The van der Waals surface area contributed by atoms with Crippen LogP contribution in [0.1, 0.15) is 41.1 Å². The Morgan fingerprint density at radius 2 is 1.69 bits per heavy atom. The van der Waals surface area contributed by atoms with Crippen LogP contribution in [-0.2, 0) is 22.4 Å². The number of phenolic OH excluding ortho intramolecular Hbond substituents is 1. The second kappa shape index (κ2) is 9.12. The topological polar surface area (TPSA) is 87.1 Å². The van der Waals surface area contributed by atoms with Gasteiger partial charge in [-0.3, -0.25) is 14.5 Å². The van der Waals surface area contributed by atoms with E-state index in [0.717, 1.165) is 31.2 Å². The summed E-state index contributed by atoms with van der Waals surface area (Å²) >= 11 is 6.33. The van der Waals surface area contributed by atoms with Gasteiger partial charge in [0.1, 0.15) is 17.3 Å². The van der Waals surface area contributed by atoms with Gasteiger partial charge in [0.2, 0.25) is 0 Å². The molecule has 5 rings (SSSR count). The van der Waals surface area contributed by atoms with Crippen LogP contribution in [0.3, 0.4) is 0 Å². The molecule has 1 fully saturated rings. The van der Waals surface area contributed by atoms with Crippen molar-refractivity contribution in [3.63, 3.8) is 0 Å². The van der Waals surface area contributed by atoms with Gasteiger partial charge < -0.3 is 14.9 Å². The molecule has 0 saturated carbocycles. The summed E-state index contributed by atoms with van der Waals surface area (Å²) < 4.78 is 5.22. The van der Waals surface area contributed by atoms with Crippen LogP contribution in [0.2, 0.25) is 5.02 Å². The highest BCUT2D eigenvalue weighted by molar-refractivity contribution is 6.51. The van der Waals surface area contributed by atoms with Crippen LogP contribution in [0.5, 0.6) is 11.5 Å². The number of fused-ring (bicyclic) bond motifs is 1. The van der Waals surface area contributed by atoms with Crippen molar-refractivity contribution in [2.24, 2.45) is 0 Å². The van der Waals surface area contributed by atoms with E-state index in [4.69, 9.17) is 16.3 Å². The summed E-state index contributed by atoms with van der Waals surface area (Å²) in [5, 5.41) is 21.5. The summed E-state index contributed by atoms with van der Waals surface area (Å²) in [5.74, 6) is -1.30. The third-order valence-electron chi connectivity index (χ3n) is 6.69. The lowest BCUT2D eigenvalue weighted by atomic mass is 9.88. The van der Waals surface area contributed by atoms with E-state index in [-0.39, 0.29) is 22.1 Å². The maximum absolute atomic E-state index is 13.3. The molecule has 1 aliphatic carbocycles. The average Bonchev–Trinajstić information content (AvgIpc) is 3.14. The van der Waals surface area contributed by atoms with Crippen LogP contribution in [0.25, 0.3) is 5.76 Å². The number of hydrogen-bond acceptors (Lipinski definition) is 5. The fourth-order valence-corrected chi connectivity index (χ4v) is 5.16. The highest BCUT2D eigenvalue weighted by Gasteiger charge is 2.47. The van der Waals surface area contributed by atoms with Gasteiger partial charge in [0.15, 0.2) is 0 Å². The number of amides is 1. The van der Waals surface area contributed by atoms with Crippen LogP contribution in [0.15, 0.2) is 66.2 Å². The monoisotopic (exact) mass is 489 g/mol. The number of aromatic hydroxyl groups is 1. The van der Waals surface area contributed by atoms with Crippen molar-refractivity contribution in [2.75, 3.05) is 12.0 Å². The molecular formula is C28H24ClNO5. The Labute approximate surface area is 208 Å². The summed E-state index contributed by atoms with van der Waals surface area (Å²) in [5.41, 5.74) is 3.84. The number of methoxy groups -OCH3 is 1. The van der Waals surface area contributed by atoms with E-state index >= 15 is 0 Å². The molecule has 3 aromatic rings. The minimum atomic E-state index is -0.906. The average molecular weight is 490 g/mol. The molecule has 2 N–H and O–H groups in total. The summed E-state index contributed by atoms with van der Waals surface area (Å²) in [6, 6.07) is 15.8. The Morgan fingerprint density at radius 1 is 0.971 bits per heavy atom. The van der Waals surface area contributed by atoms with Crippen molar-refractivity contribution < 1.29 is 24.5 Å². The van der Waals surface area contributed by atoms with Crippen molar-refractivity contribution in [2.45, 2.75) is 31.7 Å². The summed E-state index contributed by atoms with van der Waals surface area (Å²) in [7, 11) is 1.49. The van der Waals surface area contributed by atoms with Crippen LogP contribution >= 0.6 is 11.6 Å². The number of nitrogens with zero attached hydrogens (tertiary/aromatic N) is 1. The lowest BCUT2D eigenvalue weighted by Gasteiger charge is -2.26.